The van der Waals surface area contributed by atoms with Gasteiger partial charge in [-0.25, -0.2) is 4.98 Å². The van der Waals surface area contributed by atoms with E-state index in [-0.39, 0.29) is 5.41 Å². The SMILES string of the molecule is CNC(Cc1nc(C(C)(C)C)cs1)c1ccc(Br)c(C)c1. The Morgan fingerprint density at radius 3 is 2.57 bits per heavy atom. The van der Waals surface area contributed by atoms with Crippen LogP contribution in [0.25, 0.3) is 0 Å². The molecule has 0 saturated heterocycles. The number of likely N-dealkylation sites (N-methyl/N-ethyl adjacent to an activating group) is 1. The molecule has 1 aromatic heterocycles. The Labute approximate surface area is 140 Å². The van der Waals surface area contributed by atoms with Crippen molar-refractivity contribution < 1.29 is 0 Å². The quantitative estimate of drug-likeness (QED) is 0.821. The highest BCUT2D eigenvalue weighted by Crippen LogP contribution is 2.28. The molecule has 2 rings (SSSR count). The summed E-state index contributed by atoms with van der Waals surface area (Å²) in [5.74, 6) is 0. The molecule has 0 aliphatic rings. The monoisotopic (exact) mass is 366 g/mol. The second kappa shape index (κ2) is 6.59. The predicted molar refractivity (Wildman–Crippen MR) is 95.2 cm³/mol. The summed E-state index contributed by atoms with van der Waals surface area (Å²) in [6, 6.07) is 6.84. The fraction of sp³-hybridized carbons (Fsp3) is 0.471. The van der Waals surface area contributed by atoms with Crippen LogP contribution in [0.15, 0.2) is 28.1 Å². The molecule has 0 bridgehead atoms. The summed E-state index contributed by atoms with van der Waals surface area (Å²) in [6.07, 6.45) is 0.929. The third kappa shape index (κ3) is 4.15. The van der Waals surface area contributed by atoms with Crippen molar-refractivity contribution >= 4 is 27.3 Å². The second-order valence-electron chi connectivity index (χ2n) is 6.43. The number of aromatic nitrogens is 1. The highest BCUT2D eigenvalue weighted by molar-refractivity contribution is 9.10. The first-order valence-electron chi connectivity index (χ1n) is 7.19. The molecule has 1 N–H and O–H groups in total. The van der Waals surface area contributed by atoms with Gasteiger partial charge < -0.3 is 5.32 Å². The van der Waals surface area contributed by atoms with Gasteiger partial charge in [0, 0.05) is 27.7 Å². The number of halogens is 1. The van der Waals surface area contributed by atoms with Gasteiger partial charge in [-0.1, -0.05) is 48.8 Å². The molecule has 0 spiro atoms. The molecular weight excluding hydrogens is 344 g/mol. The first-order valence-corrected chi connectivity index (χ1v) is 8.86. The second-order valence-corrected chi connectivity index (χ2v) is 8.23. The molecule has 114 valence electrons. The largest absolute Gasteiger partial charge is 0.313 e. The number of thiazole rings is 1. The van der Waals surface area contributed by atoms with Crippen molar-refractivity contribution in [3.05, 3.63) is 49.9 Å². The average molecular weight is 367 g/mol. The lowest BCUT2D eigenvalue weighted by Gasteiger charge is -2.17. The number of nitrogens with one attached hydrogen (secondary N) is 1. The molecule has 1 atom stereocenters. The third-order valence-corrected chi connectivity index (χ3v) is 5.39. The van der Waals surface area contributed by atoms with Crippen molar-refractivity contribution in [1.82, 2.24) is 10.3 Å². The highest BCUT2D eigenvalue weighted by Gasteiger charge is 2.19. The minimum absolute atomic E-state index is 0.123. The first kappa shape index (κ1) is 16.7. The molecule has 2 nitrogen and oxygen atoms in total. The Balaban J connectivity index is 2.19. The van der Waals surface area contributed by atoms with E-state index in [1.54, 1.807) is 11.3 Å². The van der Waals surface area contributed by atoms with Gasteiger partial charge in [0.15, 0.2) is 0 Å². The number of benzene rings is 1. The van der Waals surface area contributed by atoms with Crippen LogP contribution in [-0.4, -0.2) is 12.0 Å². The molecular formula is C17H23BrN2S. The minimum Gasteiger partial charge on any atom is -0.313 e. The minimum atomic E-state index is 0.123. The van der Waals surface area contributed by atoms with Gasteiger partial charge in [-0.15, -0.1) is 11.3 Å². The standard InChI is InChI=1S/C17H23BrN2S/c1-11-8-12(6-7-13(11)18)14(19-5)9-16-20-15(10-21-16)17(2,3)4/h6-8,10,14,19H,9H2,1-5H3. The van der Waals surface area contributed by atoms with Gasteiger partial charge in [0.2, 0.25) is 0 Å². The number of hydrogen-bond acceptors (Lipinski definition) is 3. The normalized spacial score (nSPS) is 13.4. The summed E-state index contributed by atoms with van der Waals surface area (Å²) in [4.78, 5) is 4.80. The summed E-state index contributed by atoms with van der Waals surface area (Å²) in [5.41, 5.74) is 3.88. The Bertz CT molecular complexity index is 613. The van der Waals surface area contributed by atoms with Crippen LogP contribution in [0.5, 0.6) is 0 Å². The van der Waals surface area contributed by atoms with Gasteiger partial charge >= 0.3 is 0 Å². The summed E-state index contributed by atoms with van der Waals surface area (Å²) in [7, 11) is 2.01. The topological polar surface area (TPSA) is 24.9 Å². The lowest BCUT2D eigenvalue weighted by Crippen LogP contribution is -2.19. The molecule has 0 fully saturated rings. The molecule has 4 heteroatoms. The van der Waals surface area contributed by atoms with Gasteiger partial charge in [-0.05, 0) is 31.2 Å². The molecule has 0 saturated carbocycles. The van der Waals surface area contributed by atoms with Gasteiger partial charge in [-0.3, -0.25) is 0 Å². The Morgan fingerprint density at radius 1 is 1.33 bits per heavy atom. The van der Waals surface area contributed by atoms with Crippen molar-refractivity contribution in [2.75, 3.05) is 7.05 Å². The van der Waals surface area contributed by atoms with E-state index in [2.05, 4.69) is 72.5 Å². The number of rotatable bonds is 4. The Morgan fingerprint density at radius 2 is 2.05 bits per heavy atom. The zero-order chi connectivity index (χ0) is 15.6. The van der Waals surface area contributed by atoms with E-state index in [0.29, 0.717) is 6.04 Å². The number of hydrogen-bond donors (Lipinski definition) is 1. The lowest BCUT2D eigenvalue weighted by molar-refractivity contribution is 0.560. The summed E-state index contributed by atoms with van der Waals surface area (Å²) in [5, 5.41) is 6.80. The van der Waals surface area contributed by atoms with Crippen LogP contribution in [0.2, 0.25) is 0 Å². The average Bonchev–Trinajstić information content (AvgIpc) is 2.88. The van der Waals surface area contributed by atoms with Crippen molar-refractivity contribution in [3.63, 3.8) is 0 Å². The van der Waals surface area contributed by atoms with Crippen molar-refractivity contribution in [1.29, 1.82) is 0 Å². The van der Waals surface area contributed by atoms with Crippen LogP contribution >= 0.6 is 27.3 Å². The smallest absolute Gasteiger partial charge is 0.0947 e. The van der Waals surface area contributed by atoms with E-state index in [1.165, 1.54) is 21.8 Å². The van der Waals surface area contributed by atoms with Gasteiger partial charge in [0.05, 0.1) is 10.7 Å². The van der Waals surface area contributed by atoms with Gasteiger partial charge in [0.1, 0.15) is 0 Å². The van der Waals surface area contributed by atoms with E-state index in [4.69, 9.17) is 4.98 Å². The summed E-state index contributed by atoms with van der Waals surface area (Å²) >= 11 is 5.32. The molecule has 0 aliphatic heterocycles. The maximum atomic E-state index is 4.80. The third-order valence-electron chi connectivity index (χ3n) is 3.63. The van der Waals surface area contributed by atoms with E-state index >= 15 is 0 Å². The van der Waals surface area contributed by atoms with Crippen molar-refractivity contribution in [2.45, 2.75) is 45.6 Å². The first-order chi connectivity index (χ1) is 9.81. The van der Waals surface area contributed by atoms with Crippen LogP contribution in [0.1, 0.15) is 48.6 Å². The number of aryl methyl sites for hydroxylation is 1. The molecule has 1 unspecified atom stereocenters. The van der Waals surface area contributed by atoms with Crippen LogP contribution in [0, 0.1) is 6.92 Å². The Kier molecular flexibility index (Phi) is 5.23. The molecule has 0 amide bonds. The van der Waals surface area contributed by atoms with Gasteiger partial charge in [0.25, 0.3) is 0 Å². The maximum Gasteiger partial charge on any atom is 0.0947 e. The lowest BCUT2D eigenvalue weighted by atomic mass is 9.93. The van der Waals surface area contributed by atoms with E-state index in [0.717, 1.165) is 10.9 Å². The van der Waals surface area contributed by atoms with E-state index < -0.39 is 0 Å². The van der Waals surface area contributed by atoms with Crippen molar-refractivity contribution in [2.24, 2.45) is 0 Å². The molecule has 1 aromatic carbocycles. The fourth-order valence-corrected chi connectivity index (χ4v) is 3.51. The van der Waals surface area contributed by atoms with E-state index in [9.17, 15) is 0 Å². The molecule has 2 aromatic rings. The fourth-order valence-electron chi connectivity index (χ4n) is 2.19. The van der Waals surface area contributed by atoms with E-state index in [1.807, 2.05) is 7.05 Å². The molecule has 0 aliphatic carbocycles. The molecule has 21 heavy (non-hydrogen) atoms. The van der Waals surface area contributed by atoms with Crippen LogP contribution in [-0.2, 0) is 11.8 Å². The summed E-state index contributed by atoms with van der Waals surface area (Å²) < 4.78 is 1.16. The number of nitrogens with zero attached hydrogens (tertiary/aromatic N) is 1. The van der Waals surface area contributed by atoms with Gasteiger partial charge in [-0.2, -0.15) is 0 Å². The predicted octanol–water partition coefficient (Wildman–Crippen LogP) is 5.01. The maximum absolute atomic E-state index is 4.80. The van der Waals surface area contributed by atoms with Crippen LogP contribution < -0.4 is 5.32 Å². The van der Waals surface area contributed by atoms with Crippen molar-refractivity contribution in [3.8, 4) is 0 Å². The molecule has 0 radical (unpaired) electrons. The zero-order valence-corrected chi connectivity index (χ0v) is 15.7. The zero-order valence-electron chi connectivity index (χ0n) is 13.3. The molecule has 1 heterocycles. The Hall–Kier alpha value is -0.710. The highest BCUT2D eigenvalue weighted by atomic mass is 79.9. The van der Waals surface area contributed by atoms with Crippen LogP contribution in [0.4, 0.5) is 0 Å². The summed E-state index contributed by atoms with van der Waals surface area (Å²) in [6.45, 7) is 8.75. The van der Waals surface area contributed by atoms with Crippen LogP contribution in [0.3, 0.4) is 0 Å².